The minimum Gasteiger partial charge on any atom is -0.490 e. The van der Waals surface area contributed by atoms with Crippen LogP contribution in [0.15, 0.2) is 53.3 Å². The van der Waals surface area contributed by atoms with Crippen LogP contribution in [0.25, 0.3) is 11.3 Å². The third kappa shape index (κ3) is 5.28. The zero-order chi connectivity index (χ0) is 23.6. The standard InChI is InChI=1S/C22H17ClF3N3O4/c23-16-4-3-14(11-15(16)22(24,25)26)27-20(30)12-29-21(31)7-5-17(28-29)13-2-6-18-19(10-13)33-9-1-8-32-18/h2-7,10-11H,1,8-9,12H2,(H,27,30). The molecule has 2 heterocycles. The van der Waals surface area contributed by atoms with E-state index in [0.717, 1.165) is 23.2 Å². The van der Waals surface area contributed by atoms with Gasteiger partial charge in [-0.25, -0.2) is 4.68 Å². The number of aromatic nitrogens is 2. The number of carbonyl (C=O) groups excluding carboxylic acids is 1. The largest absolute Gasteiger partial charge is 0.490 e. The van der Waals surface area contributed by atoms with Crippen LogP contribution in [0, 0.1) is 0 Å². The molecular weight excluding hydrogens is 463 g/mol. The van der Waals surface area contributed by atoms with Crippen molar-refractivity contribution in [3.63, 3.8) is 0 Å². The number of rotatable bonds is 4. The maximum atomic E-state index is 13.0. The summed E-state index contributed by atoms with van der Waals surface area (Å²) >= 11 is 5.59. The highest BCUT2D eigenvalue weighted by atomic mass is 35.5. The van der Waals surface area contributed by atoms with Gasteiger partial charge in [0.25, 0.3) is 5.56 Å². The molecule has 0 saturated carbocycles. The van der Waals surface area contributed by atoms with Gasteiger partial charge >= 0.3 is 6.18 Å². The van der Waals surface area contributed by atoms with Crippen LogP contribution in [0.3, 0.4) is 0 Å². The van der Waals surface area contributed by atoms with Crippen LogP contribution >= 0.6 is 11.6 Å². The first-order valence-electron chi connectivity index (χ1n) is 9.85. The maximum Gasteiger partial charge on any atom is 0.417 e. The summed E-state index contributed by atoms with van der Waals surface area (Å²) in [7, 11) is 0. The lowest BCUT2D eigenvalue weighted by Crippen LogP contribution is -2.29. The number of benzene rings is 2. The van der Waals surface area contributed by atoms with E-state index in [1.54, 1.807) is 18.2 Å². The van der Waals surface area contributed by atoms with Gasteiger partial charge in [-0.05, 0) is 42.5 Å². The van der Waals surface area contributed by atoms with Gasteiger partial charge in [-0.1, -0.05) is 11.6 Å². The lowest BCUT2D eigenvalue weighted by Gasteiger charge is -2.12. The van der Waals surface area contributed by atoms with E-state index < -0.39 is 34.8 Å². The Labute approximate surface area is 190 Å². The summed E-state index contributed by atoms with van der Waals surface area (Å²) in [4.78, 5) is 24.6. The Balaban J connectivity index is 1.54. The van der Waals surface area contributed by atoms with Gasteiger partial charge in [0.1, 0.15) is 6.54 Å². The molecule has 1 aliphatic rings. The van der Waals surface area contributed by atoms with Crippen LogP contribution in [-0.2, 0) is 17.5 Å². The molecule has 1 aromatic heterocycles. The highest BCUT2D eigenvalue weighted by molar-refractivity contribution is 6.31. The minimum atomic E-state index is -4.67. The molecule has 0 bridgehead atoms. The first-order chi connectivity index (χ1) is 15.7. The van der Waals surface area contributed by atoms with Gasteiger partial charge in [-0.15, -0.1) is 0 Å². The van der Waals surface area contributed by atoms with Gasteiger partial charge in [-0.2, -0.15) is 18.3 Å². The van der Waals surface area contributed by atoms with Crippen molar-refractivity contribution >= 4 is 23.2 Å². The Morgan fingerprint density at radius 2 is 1.82 bits per heavy atom. The number of halogens is 4. The quantitative estimate of drug-likeness (QED) is 0.600. The highest BCUT2D eigenvalue weighted by Crippen LogP contribution is 2.36. The molecule has 2 aromatic carbocycles. The predicted molar refractivity (Wildman–Crippen MR) is 115 cm³/mol. The SMILES string of the molecule is O=C(Cn1nc(-c2ccc3c(c2)OCCCO3)ccc1=O)Nc1ccc(Cl)c(C(F)(F)F)c1. The van der Waals surface area contributed by atoms with Gasteiger partial charge in [0, 0.05) is 23.7 Å². The third-order valence-corrected chi connectivity index (χ3v) is 5.09. The van der Waals surface area contributed by atoms with Crippen LogP contribution in [-0.4, -0.2) is 28.9 Å². The van der Waals surface area contributed by atoms with Crippen LogP contribution < -0.4 is 20.3 Å². The average molecular weight is 480 g/mol. The summed E-state index contributed by atoms with van der Waals surface area (Å²) < 4.78 is 51.3. The number of nitrogens with one attached hydrogen (secondary N) is 1. The molecular formula is C22H17ClF3N3O4. The van der Waals surface area contributed by atoms with Crippen molar-refractivity contribution in [3.05, 3.63) is 69.5 Å². The van der Waals surface area contributed by atoms with Crippen LogP contribution in [0.1, 0.15) is 12.0 Å². The third-order valence-electron chi connectivity index (χ3n) is 4.76. The smallest absolute Gasteiger partial charge is 0.417 e. The summed E-state index contributed by atoms with van der Waals surface area (Å²) in [5.41, 5.74) is -0.683. The normalized spacial score (nSPS) is 13.3. The molecule has 0 spiro atoms. The molecule has 0 radical (unpaired) electrons. The van der Waals surface area contributed by atoms with Gasteiger partial charge in [0.05, 0.1) is 29.5 Å². The lowest BCUT2D eigenvalue weighted by molar-refractivity contribution is -0.137. The van der Waals surface area contributed by atoms with E-state index in [0.29, 0.717) is 36.0 Å². The molecule has 33 heavy (non-hydrogen) atoms. The van der Waals surface area contributed by atoms with Crippen molar-refractivity contribution in [2.75, 3.05) is 18.5 Å². The van der Waals surface area contributed by atoms with E-state index >= 15 is 0 Å². The van der Waals surface area contributed by atoms with Crippen molar-refractivity contribution in [2.24, 2.45) is 0 Å². The molecule has 3 aromatic rings. The van der Waals surface area contributed by atoms with Gasteiger partial charge in [0.15, 0.2) is 11.5 Å². The zero-order valence-corrected chi connectivity index (χ0v) is 17.7. The summed E-state index contributed by atoms with van der Waals surface area (Å²) in [6.45, 7) is 0.550. The number of nitrogens with zero attached hydrogens (tertiary/aromatic N) is 2. The molecule has 1 amide bonds. The van der Waals surface area contributed by atoms with E-state index in [1.165, 1.54) is 18.2 Å². The fourth-order valence-electron chi connectivity index (χ4n) is 3.20. The monoisotopic (exact) mass is 479 g/mol. The van der Waals surface area contributed by atoms with Crippen LogP contribution in [0.5, 0.6) is 11.5 Å². The number of ether oxygens (including phenoxy) is 2. The van der Waals surface area contributed by atoms with Gasteiger partial charge in [0.2, 0.25) is 5.91 Å². The van der Waals surface area contributed by atoms with Gasteiger partial charge in [-0.3, -0.25) is 9.59 Å². The molecule has 7 nitrogen and oxygen atoms in total. The predicted octanol–water partition coefficient (Wildman–Crippen LogP) is 4.38. The molecule has 11 heteroatoms. The number of hydrogen-bond donors (Lipinski definition) is 1. The van der Waals surface area contributed by atoms with E-state index in [1.807, 2.05) is 0 Å². The molecule has 1 N–H and O–H groups in total. The highest BCUT2D eigenvalue weighted by Gasteiger charge is 2.33. The van der Waals surface area contributed by atoms with Gasteiger partial charge < -0.3 is 14.8 Å². The fourth-order valence-corrected chi connectivity index (χ4v) is 3.42. The number of hydrogen-bond acceptors (Lipinski definition) is 5. The Bertz CT molecular complexity index is 1260. The van der Waals surface area contributed by atoms with Crippen LogP contribution in [0.2, 0.25) is 5.02 Å². The fraction of sp³-hybridized carbons (Fsp3) is 0.227. The zero-order valence-electron chi connectivity index (χ0n) is 17.0. The first-order valence-corrected chi connectivity index (χ1v) is 10.2. The molecule has 0 aliphatic carbocycles. The first kappa shape index (κ1) is 22.7. The Morgan fingerprint density at radius 3 is 2.58 bits per heavy atom. The second kappa shape index (κ2) is 9.14. The second-order valence-corrected chi connectivity index (χ2v) is 7.57. The number of carbonyl (C=O) groups is 1. The summed E-state index contributed by atoms with van der Waals surface area (Å²) in [5.74, 6) is 0.423. The van der Waals surface area contributed by atoms with Crippen molar-refractivity contribution < 1.29 is 27.4 Å². The van der Waals surface area contributed by atoms with Crippen molar-refractivity contribution in [3.8, 4) is 22.8 Å². The Kier molecular flexibility index (Phi) is 6.28. The molecule has 0 fully saturated rings. The molecule has 0 atom stereocenters. The topological polar surface area (TPSA) is 82.5 Å². The minimum absolute atomic E-state index is 0.108. The van der Waals surface area contributed by atoms with E-state index in [2.05, 4.69) is 10.4 Å². The number of anilines is 1. The van der Waals surface area contributed by atoms with E-state index in [9.17, 15) is 22.8 Å². The van der Waals surface area contributed by atoms with Crippen molar-refractivity contribution in [1.82, 2.24) is 9.78 Å². The average Bonchev–Trinajstić information content (AvgIpc) is 3.00. The van der Waals surface area contributed by atoms with Crippen molar-refractivity contribution in [1.29, 1.82) is 0 Å². The number of alkyl halides is 3. The van der Waals surface area contributed by atoms with E-state index in [-0.39, 0.29) is 5.69 Å². The number of fused-ring (bicyclic) bond motifs is 1. The second-order valence-electron chi connectivity index (χ2n) is 7.17. The van der Waals surface area contributed by atoms with Crippen molar-refractivity contribution in [2.45, 2.75) is 19.1 Å². The van der Waals surface area contributed by atoms with E-state index in [4.69, 9.17) is 21.1 Å². The maximum absolute atomic E-state index is 13.0. The molecule has 4 rings (SSSR count). The molecule has 0 unspecified atom stereocenters. The summed E-state index contributed by atoms with van der Waals surface area (Å²) in [6, 6.07) is 11.0. The summed E-state index contributed by atoms with van der Waals surface area (Å²) in [5, 5.41) is 6.06. The summed E-state index contributed by atoms with van der Waals surface area (Å²) in [6.07, 6.45) is -3.92. The lowest BCUT2D eigenvalue weighted by atomic mass is 10.1. The van der Waals surface area contributed by atoms with Crippen LogP contribution in [0.4, 0.5) is 18.9 Å². The number of amides is 1. The Morgan fingerprint density at radius 1 is 1.06 bits per heavy atom. The molecule has 0 saturated heterocycles. The Hall–Kier alpha value is -3.53. The molecule has 1 aliphatic heterocycles. The molecule has 172 valence electrons.